The van der Waals surface area contributed by atoms with E-state index < -0.39 is 30.4 Å². The second-order valence-electron chi connectivity index (χ2n) is 8.52. The third kappa shape index (κ3) is 6.70. The summed E-state index contributed by atoms with van der Waals surface area (Å²) in [6.45, 7) is 2.62. The van der Waals surface area contributed by atoms with Crippen LogP contribution in [-0.4, -0.2) is 96.5 Å². The zero-order chi connectivity index (χ0) is 27.2. The lowest BCUT2D eigenvalue weighted by Crippen LogP contribution is -2.43. The van der Waals surface area contributed by atoms with Gasteiger partial charge >= 0.3 is 0 Å². The van der Waals surface area contributed by atoms with Crippen LogP contribution in [0.25, 0.3) is 10.7 Å². The highest BCUT2D eigenvalue weighted by Crippen LogP contribution is 2.33. The average molecular weight is 579 g/mol. The smallest absolute Gasteiger partial charge is 0.273 e. The number of carbonyl (C=O) groups excluding carboxylic acids is 1. The molecule has 2 N–H and O–H groups in total. The number of thiazole rings is 1. The minimum Gasteiger partial charge on any atom is -0.394 e. The molecule has 11 nitrogen and oxygen atoms in total. The van der Waals surface area contributed by atoms with Crippen molar-refractivity contribution < 1.29 is 24.5 Å². The van der Waals surface area contributed by atoms with E-state index in [9.17, 15) is 15.0 Å². The van der Waals surface area contributed by atoms with Gasteiger partial charge in [0, 0.05) is 42.2 Å². The van der Waals surface area contributed by atoms with Crippen LogP contribution in [0.15, 0.2) is 28.7 Å². The Kier molecular flexibility index (Phi) is 9.72. The molecule has 4 rings (SSSR count). The first-order valence-corrected chi connectivity index (χ1v) is 13.9. The molecule has 3 aromatic rings. The zero-order valence-electron chi connectivity index (χ0n) is 20.7. The fourth-order valence-electron chi connectivity index (χ4n) is 3.55. The van der Waals surface area contributed by atoms with E-state index >= 15 is 0 Å². The minimum atomic E-state index is -0.967. The molecule has 38 heavy (non-hydrogen) atoms. The van der Waals surface area contributed by atoms with E-state index in [-0.39, 0.29) is 18.1 Å². The standard InChI is InChI=1S/C24H27ClN6O5S2/c1-4-15-8-19(21(26-9-15)23(34)30-6-5-7-30)38-24(36-18(12-32)14(2)33)17(35-3)11-31-10-16(28-29-31)22-27-20(25)13-37-22/h1,8-10,13-14,17-18,24,32-33H,5-7,11-12H2,2-3H3/t14-,17+,18?,24?/m1/s1. The molecule has 202 valence electrons. The third-order valence-corrected chi connectivity index (χ3v) is 8.24. The van der Waals surface area contributed by atoms with Gasteiger partial charge in [-0.25, -0.2) is 14.6 Å². The van der Waals surface area contributed by atoms with Crippen molar-refractivity contribution in [2.24, 2.45) is 0 Å². The first-order chi connectivity index (χ1) is 18.3. The summed E-state index contributed by atoms with van der Waals surface area (Å²) in [6.07, 6.45) is 7.21. The molecule has 1 saturated heterocycles. The summed E-state index contributed by atoms with van der Waals surface area (Å²) >= 11 is 8.47. The number of terminal acetylenes is 1. The van der Waals surface area contributed by atoms with Crippen molar-refractivity contribution in [3.05, 3.63) is 40.3 Å². The summed E-state index contributed by atoms with van der Waals surface area (Å²) in [5, 5.41) is 31.1. The molecule has 0 bridgehead atoms. The van der Waals surface area contributed by atoms with Crippen molar-refractivity contribution in [2.75, 3.05) is 26.8 Å². The molecule has 0 aliphatic carbocycles. The van der Waals surface area contributed by atoms with Gasteiger partial charge in [0.2, 0.25) is 0 Å². The lowest BCUT2D eigenvalue weighted by Gasteiger charge is -2.32. The first kappa shape index (κ1) is 28.4. The number of aliphatic hydroxyl groups excluding tert-OH is 2. The number of halogens is 1. The average Bonchev–Trinajstić information content (AvgIpc) is 3.52. The molecule has 1 amide bonds. The number of aromatic nitrogens is 5. The lowest BCUT2D eigenvalue weighted by molar-refractivity contribution is -0.105. The summed E-state index contributed by atoms with van der Waals surface area (Å²) in [6, 6.07) is 1.70. The van der Waals surface area contributed by atoms with Crippen LogP contribution in [0.3, 0.4) is 0 Å². The Morgan fingerprint density at radius 3 is 2.76 bits per heavy atom. The number of amides is 1. The highest BCUT2D eigenvalue weighted by Gasteiger charge is 2.32. The van der Waals surface area contributed by atoms with Crippen molar-refractivity contribution in [1.82, 2.24) is 29.9 Å². The number of pyridine rings is 1. The fraction of sp³-hybridized carbons (Fsp3) is 0.458. The van der Waals surface area contributed by atoms with E-state index in [0.717, 1.165) is 6.42 Å². The van der Waals surface area contributed by atoms with Crippen LogP contribution in [0, 0.1) is 12.3 Å². The topological polar surface area (TPSA) is 136 Å². The highest BCUT2D eigenvalue weighted by atomic mass is 35.5. The molecule has 0 aromatic carbocycles. The third-order valence-electron chi connectivity index (χ3n) is 5.84. The summed E-state index contributed by atoms with van der Waals surface area (Å²) in [5.74, 6) is 2.35. The molecule has 0 spiro atoms. The summed E-state index contributed by atoms with van der Waals surface area (Å²) < 4.78 is 13.5. The van der Waals surface area contributed by atoms with Crippen LogP contribution in [0.2, 0.25) is 5.15 Å². The van der Waals surface area contributed by atoms with Crippen LogP contribution in [0.4, 0.5) is 0 Å². The maximum absolute atomic E-state index is 13.1. The van der Waals surface area contributed by atoms with Crippen molar-refractivity contribution >= 4 is 40.6 Å². The predicted molar refractivity (Wildman–Crippen MR) is 143 cm³/mol. The molecule has 3 aromatic heterocycles. The number of aliphatic hydroxyl groups is 2. The van der Waals surface area contributed by atoms with Crippen LogP contribution >= 0.6 is 34.7 Å². The second kappa shape index (κ2) is 13.0. The number of ether oxygens (including phenoxy) is 2. The van der Waals surface area contributed by atoms with Gasteiger partial charge in [0.25, 0.3) is 5.91 Å². The highest BCUT2D eigenvalue weighted by molar-refractivity contribution is 8.00. The first-order valence-electron chi connectivity index (χ1n) is 11.7. The number of nitrogens with zero attached hydrogens (tertiary/aromatic N) is 6. The summed E-state index contributed by atoms with van der Waals surface area (Å²) in [4.78, 5) is 23.9. The number of hydrogen-bond donors (Lipinski definition) is 2. The van der Waals surface area contributed by atoms with Crippen molar-refractivity contribution in [2.45, 2.75) is 48.5 Å². The van der Waals surface area contributed by atoms with E-state index in [4.69, 9.17) is 27.5 Å². The van der Waals surface area contributed by atoms with Gasteiger partial charge in [0.15, 0.2) is 0 Å². The molecule has 1 aliphatic heterocycles. The number of hydrogen-bond acceptors (Lipinski definition) is 11. The number of carbonyl (C=O) groups is 1. The summed E-state index contributed by atoms with van der Waals surface area (Å²) in [5.41, 5.74) is 0.495. The maximum Gasteiger partial charge on any atom is 0.273 e. The van der Waals surface area contributed by atoms with Crippen molar-refractivity contribution in [3.63, 3.8) is 0 Å². The normalized spacial score (nSPS) is 16.4. The monoisotopic (exact) mass is 578 g/mol. The largest absolute Gasteiger partial charge is 0.394 e. The molecule has 2 unspecified atom stereocenters. The Balaban J connectivity index is 1.63. The molecule has 14 heteroatoms. The van der Waals surface area contributed by atoms with E-state index in [2.05, 4.69) is 26.2 Å². The van der Waals surface area contributed by atoms with Crippen LogP contribution in [-0.2, 0) is 16.0 Å². The molecule has 0 saturated carbocycles. The quantitative estimate of drug-likeness (QED) is 0.187. The number of methoxy groups -OCH3 is 1. The maximum atomic E-state index is 13.1. The van der Waals surface area contributed by atoms with E-state index in [1.54, 1.807) is 27.2 Å². The van der Waals surface area contributed by atoms with E-state index in [1.165, 1.54) is 43.3 Å². The minimum absolute atomic E-state index is 0.202. The van der Waals surface area contributed by atoms with Crippen molar-refractivity contribution in [3.8, 4) is 23.0 Å². The van der Waals surface area contributed by atoms with Gasteiger partial charge in [-0.05, 0) is 19.4 Å². The Hall–Kier alpha value is -2.57. The van der Waals surface area contributed by atoms with Gasteiger partial charge < -0.3 is 24.6 Å². The summed E-state index contributed by atoms with van der Waals surface area (Å²) in [7, 11) is 1.51. The number of thioether (sulfide) groups is 1. The second-order valence-corrected chi connectivity index (χ2v) is 10.9. The molecular weight excluding hydrogens is 552 g/mol. The van der Waals surface area contributed by atoms with Gasteiger partial charge in [-0.3, -0.25) is 4.79 Å². The molecule has 4 heterocycles. The fourth-order valence-corrected chi connectivity index (χ4v) is 5.69. The van der Waals surface area contributed by atoms with Crippen LogP contribution < -0.4 is 0 Å². The number of rotatable bonds is 12. The van der Waals surface area contributed by atoms with Crippen molar-refractivity contribution in [1.29, 1.82) is 0 Å². The zero-order valence-corrected chi connectivity index (χ0v) is 23.1. The van der Waals surface area contributed by atoms with Crippen LogP contribution in [0.1, 0.15) is 29.4 Å². The molecule has 0 radical (unpaired) electrons. The Morgan fingerprint density at radius 2 is 2.18 bits per heavy atom. The SMILES string of the molecule is C#Cc1cnc(C(=O)N2CCC2)c(SC(OC(CO)[C@@H](C)O)[C@H](Cn2cc(-c3nc(Cl)cs3)nn2)OC)c1. The van der Waals surface area contributed by atoms with Gasteiger partial charge in [0.05, 0.1) is 25.5 Å². The lowest BCUT2D eigenvalue weighted by atomic mass is 10.2. The molecule has 1 aliphatic rings. The van der Waals surface area contributed by atoms with Crippen LogP contribution in [0.5, 0.6) is 0 Å². The Labute approximate surface area is 233 Å². The molecule has 4 atom stereocenters. The number of likely N-dealkylation sites (tertiary alicyclic amines) is 1. The van der Waals surface area contributed by atoms with Gasteiger partial charge in [0.1, 0.15) is 39.2 Å². The molecular formula is C24H27ClN6O5S2. The Morgan fingerprint density at radius 1 is 1.39 bits per heavy atom. The predicted octanol–water partition coefficient (Wildman–Crippen LogP) is 2.17. The van der Waals surface area contributed by atoms with Gasteiger partial charge in [-0.15, -0.1) is 22.9 Å². The van der Waals surface area contributed by atoms with Gasteiger partial charge in [-0.1, -0.05) is 34.5 Å². The Bertz CT molecular complexity index is 1290. The van der Waals surface area contributed by atoms with E-state index in [1.807, 2.05) is 0 Å². The van der Waals surface area contributed by atoms with Gasteiger partial charge in [-0.2, -0.15) is 0 Å². The van der Waals surface area contributed by atoms with E-state index in [0.29, 0.717) is 39.4 Å². The molecule has 1 fully saturated rings.